The molecule has 182 valence electrons. The third kappa shape index (κ3) is 5.70. The zero-order valence-corrected chi connectivity index (χ0v) is 20.1. The predicted molar refractivity (Wildman–Crippen MR) is 134 cm³/mol. The molecule has 3 aromatic carbocycles. The van der Waals surface area contributed by atoms with E-state index in [4.69, 9.17) is 4.74 Å². The Balaban J connectivity index is 1.45. The molecule has 1 heterocycles. The topological polar surface area (TPSA) is 105 Å². The first kappa shape index (κ1) is 24.4. The van der Waals surface area contributed by atoms with Crippen LogP contribution in [0.25, 0.3) is 0 Å². The number of nitrogens with zero attached hydrogens (tertiary/aromatic N) is 1. The molecule has 4 rings (SSSR count). The van der Waals surface area contributed by atoms with Crippen molar-refractivity contribution >= 4 is 33.2 Å². The first-order chi connectivity index (χ1) is 16.9. The monoisotopic (exact) mass is 493 g/mol. The molecule has 0 unspecified atom stereocenters. The predicted octanol–water partition coefficient (Wildman–Crippen LogP) is 3.67. The Labute approximate surface area is 205 Å². The lowest BCUT2D eigenvalue weighted by Gasteiger charge is -2.19. The van der Waals surface area contributed by atoms with Gasteiger partial charge in [0.25, 0.3) is 21.8 Å². The molecule has 1 aliphatic rings. The summed E-state index contributed by atoms with van der Waals surface area (Å²) in [5, 5.41) is 5.61. The average Bonchev–Trinajstić information content (AvgIpc) is 3.41. The van der Waals surface area contributed by atoms with Gasteiger partial charge in [-0.15, -0.1) is 0 Å². The second-order valence-corrected chi connectivity index (χ2v) is 10.1. The lowest BCUT2D eigenvalue weighted by Crippen LogP contribution is -2.32. The van der Waals surface area contributed by atoms with E-state index >= 15 is 0 Å². The first-order valence-electron chi connectivity index (χ1n) is 11.3. The molecule has 3 aromatic rings. The van der Waals surface area contributed by atoms with Crippen molar-refractivity contribution in [3.8, 4) is 0 Å². The number of para-hydroxylation sites is 2. The number of carbonyl (C=O) groups excluding carboxylic acids is 2. The molecular weight excluding hydrogens is 466 g/mol. The molecule has 0 aliphatic carbocycles. The fourth-order valence-corrected chi connectivity index (χ4v) is 5.00. The molecule has 0 radical (unpaired) electrons. The summed E-state index contributed by atoms with van der Waals surface area (Å²) < 4.78 is 32.6. The fraction of sp³-hybridized carbons (Fsp3) is 0.231. The summed E-state index contributed by atoms with van der Waals surface area (Å²) in [5.74, 6) is -0.758. The summed E-state index contributed by atoms with van der Waals surface area (Å²) in [5.41, 5.74) is 1.50. The van der Waals surface area contributed by atoms with Gasteiger partial charge in [-0.2, -0.15) is 0 Å². The number of nitrogens with one attached hydrogen (secondary N) is 2. The van der Waals surface area contributed by atoms with Crippen molar-refractivity contribution in [2.24, 2.45) is 0 Å². The molecule has 0 bridgehead atoms. The molecule has 1 atom stereocenters. The Bertz CT molecular complexity index is 1290. The molecule has 1 aliphatic heterocycles. The number of hydrogen-bond donors (Lipinski definition) is 2. The van der Waals surface area contributed by atoms with E-state index < -0.39 is 15.9 Å². The Morgan fingerprint density at radius 2 is 1.63 bits per heavy atom. The molecule has 1 saturated heterocycles. The number of hydrogen-bond acceptors (Lipinski definition) is 5. The van der Waals surface area contributed by atoms with Crippen LogP contribution in [0, 0.1) is 0 Å². The van der Waals surface area contributed by atoms with Crippen LogP contribution in [-0.4, -0.2) is 46.5 Å². The van der Waals surface area contributed by atoms with Gasteiger partial charge in [-0.25, -0.2) is 8.42 Å². The third-order valence-electron chi connectivity index (χ3n) is 5.83. The van der Waals surface area contributed by atoms with E-state index in [2.05, 4.69) is 10.6 Å². The molecule has 9 heteroatoms. The highest BCUT2D eigenvalue weighted by molar-refractivity contribution is 7.92. The number of ether oxygens (including phenoxy) is 1. The summed E-state index contributed by atoms with van der Waals surface area (Å²) >= 11 is 0. The number of anilines is 2. The maximum atomic E-state index is 13.0. The smallest absolute Gasteiger partial charge is 0.264 e. The van der Waals surface area contributed by atoms with Crippen LogP contribution >= 0.6 is 0 Å². The van der Waals surface area contributed by atoms with E-state index in [9.17, 15) is 18.0 Å². The second-order valence-electron chi connectivity index (χ2n) is 8.18. The van der Waals surface area contributed by atoms with Gasteiger partial charge in [0.2, 0.25) is 0 Å². The standard InChI is InChI=1S/C26H27N3O5S/c1-29(20-8-3-2-4-9-20)35(32,33)22-15-13-19(14-16-22)25(30)28-24-12-6-5-11-23(24)26(31)27-18-21-10-7-17-34-21/h2-6,8-9,11-16,21H,7,10,17-18H2,1H3,(H,27,31)(H,28,30)/t21-/m1/s1. The highest BCUT2D eigenvalue weighted by Gasteiger charge is 2.22. The number of benzene rings is 3. The number of carbonyl (C=O) groups is 2. The largest absolute Gasteiger partial charge is 0.376 e. The van der Waals surface area contributed by atoms with Gasteiger partial charge in [-0.05, 0) is 61.4 Å². The summed E-state index contributed by atoms with van der Waals surface area (Å²) in [6.45, 7) is 1.12. The highest BCUT2D eigenvalue weighted by Crippen LogP contribution is 2.23. The Hall–Kier alpha value is -3.69. The lowest BCUT2D eigenvalue weighted by atomic mass is 10.1. The van der Waals surface area contributed by atoms with Crippen LogP contribution in [0.4, 0.5) is 11.4 Å². The van der Waals surface area contributed by atoms with Crippen molar-refractivity contribution in [2.75, 3.05) is 29.8 Å². The first-order valence-corrected chi connectivity index (χ1v) is 12.7. The zero-order chi connectivity index (χ0) is 24.8. The van der Waals surface area contributed by atoms with E-state index in [-0.39, 0.29) is 22.5 Å². The summed E-state index contributed by atoms with van der Waals surface area (Å²) in [4.78, 5) is 25.6. The van der Waals surface area contributed by atoms with Gasteiger partial charge in [-0.3, -0.25) is 13.9 Å². The average molecular weight is 494 g/mol. The van der Waals surface area contributed by atoms with E-state index in [1.165, 1.54) is 35.6 Å². The molecule has 2 N–H and O–H groups in total. The minimum Gasteiger partial charge on any atom is -0.376 e. The molecule has 0 aromatic heterocycles. The van der Waals surface area contributed by atoms with Crippen molar-refractivity contribution in [1.82, 2.24) is 5.32 Å². The van der Waals surface area contributed by atoms with Gasteiger partial charge in [0.15, 0.2) is 0 Å². The van der Waals surface area contributed by atoms with Crippen LogP contribution in [-0.2, 0) is 14.8 Å². The number of sulfonamides is 1. The van der Waals surface area contributed by atoms with Gasteiger partial charge in [0.1, 0.15) is 0 Å². The second kappa shape index (κ2) is 10.7. The Morgan fingerprint density at radius 3 is 2.31 bits per heavy atom. The molecular formula is C26H27N3O5S. The molecule has 0 spiro atoms. The van der Waals surface area contributed by atoms with Crippen molar-refractivity contribution in [1.29, 1.82) is 0 Å². The van der Waals surface area contributed by atoms with Crippen LogP contribution in [0.1, 0.15) is 33.6 Å². The van der Waals surface area contributed by atoms with Gasteiger partial charge < -0.3 is 15.4 Å². The third-order valence-corrected chi connectivity index (χ3v) is 7.63. The van der Waals surface area contributed by atoms with E-state index in [1.54, 1.807) is 48.5 Å². The summed E-state index contributed by atoms with van der Waals surface area (Å²) in [6, 6.07) is 21.1. The van der Waals surface area contributed by atoms with Crippen molar-refractivity contribution in [3.05, 3.63) is 90.0 Å². The van der Waals surface area contributed by atoms with Crippen molar-refractivity contribution in [3.63, 3.8) is 0 Å². The molecule has 0 saturated carbocycles. The van der Waals surface area contributed by atoms with Gasteiger partial charge in [0, 0.05) is 25.8 Å². The minimum absolute atomic E-state index is 0.0106. The highest BCUT2D eigenvalue weighted by atomic mass is 32.2. The fourth-order valence-electron chi connectivity index (χ4n) is 3.80. The molecule has 1 fully saturated rings. The zero-order valence-electron chi connectivity index (χ0n) is 19.3. The van der Waals surface area contributed by atoms with E-state index in [0.717, 1.165) is 12.8 Å². The maximum absolute atomic E-state index is 13.0. The Kier molecular flexibility index (Phi) is 7.48. The Morgan fingerprint density at radius 1 is 0.943 bits per heavy atom. The van der Waals surface area contributed by atoms with Gasteiger partial charge in [0.05, 0.1) is 27.9 Å². The summed E-state index contributed by atoms with van der Waals surface area (Å²) in [7, 11) is -2.31. The van der Waals surface area contributed by atoms with Crippen molar-refractivity contribution < 1.29 is 22.7 Å². The van der Waals surface area contributed by atoms with Gasteiger partial charge in [-0.1, -0.05) is 30.3 Å². The van der Waals surface area contributed by atoms with E-state index in [1.807, 2.05) is 6.07 Å². The minimum atomic E-state index is -3.79. The van der Waals surface area contributed by atoms with Crippen LogP contribution in [0.3, 0.4) is 0 Å². The number of rotatable bonds is 8. The van der Waals surface area contributed by atoms with Crippen LogP contribution < -0.4 is 14.9 Å². The maximum Gasteiger partial charge on any atom is 0.264 e. The van der Waals surface area contributed by atoms with Crippen LogP contribution in [0.2, 0.25) is 0 Å². The quantitative estimate of drug-likeness (QED) is 0.498. The van der Waals surface area contributed by atoms with Crippen molar-refractivity contribution in [2.45, 2.75) is 23.8 Å². The molecule has 8 nitrogen and oxygen atoms in total. The normalized spacial score (nSPS) is 15.4. The van der Waals surface area contributed by atoms with Gasteiger partial charge >= 0.3 is 0 Å². The lowest BCUT2D eigenvalue weighted by molar-refractivity contribution is 0.0858. The molecule has 35 heavy (non-hydrogen) atoms. The number of amides is 2. The summed E-state index contributed by atoms with van der Waals surface area (Å²) in [6.07, 6.45) is 1.90. The SMILES string of the molecule is CN(c1ccccc1)S(=O)(=O)c1ccc(C(=O)Nc2ccccc2C(=O)NC[C@H]2CCCO2)cc1. The molecule has 2 amide bonds. The van der Waals surface area contributed by atoms with Crippen LogP contribution in [0.15, 0.2) is 83.8 Å². The van der Waals surface area contributed by atoms with Crippen LogP contribution in [0.5, 0.6) is 0 Å². The van der Waals surface area contributed by atoms with E-state index in [0.29, 0.717) is 30.1 Å².